The van der Waals surface area contributed by atoms with Gasteiger partial charge in [-0.25, -0.2) is 0 Å². The first-order valence-electron chi connectivity index (χ1n) is 9.11. The number of hydrogen-bond donors (Lipinski definition) is 0. The second kappa shape index (κ2) is 7.95. The summed E-state index contributed by atoms with van der Waals surface area (Å²) in [6.45, 7) is 2.37. The fourth-order valence-corrected chi connectivity index (χ4v) is 3.35. The van der Waals surface area contributed by atoms with Gasteiger partial charge in [0.1, 0.15) is 22.7 Å². The van der Waals surface area contributed by atoms with Crippen molar-refractivity contribution in [2.24, 2.45) is 0 Å². The zero-order chi connectivity index (χ0) is 19.5. The van der Waals surface area contributed by atoms with Crippen molar-refractivity contribution in [2.75, 3.05) is 6.61 Å². The largest absolute Gasteiger partial charge is 0.493 e. The predicted octanol–water partition coefficient (Wildman–Crippen LogP) is 6.31. The lowest BCUT2D eigenvalue weighted by Gasteiger charge is -2.09. The number of ether oxygens (including phenoxy) is 2. The van der Waals surface area contributed by atoms with Crippen molar-refractivity contribution in [1.29, 1.82) is 0 Å². The quantitative estimate of drug-likeness (QED) is 0.218. The minimum absolute atomic E-state index is 0.275. The molecule has 0 spiro atoms. The Morgan fingerprint density at radius 3 is 2.68 bits per heavy atom. The second-order valence-electron chi connectivity index (χ2n) is 6.59. The number of hydrogen-bond acceptors (Lipinski definition) is 4. The highest BCUT2D eigenvalue weighted by Gasteiger charge is 2.10. The first-order valence-corrected chi connectivity index (χ1v) is 9.49. The van der Waals surface area contributed by atoms with Crippen LogP contribution in [-0.2, 0) is 4.79 Å². The van der Waals surface area contributed by atoms with E-state index in [1.165, 1.54) is 0 Å². The summed E-state index contributed by atoms with van der Waals surface area (Å²) >= 11 is 5.94. The Bertz CT molecular complexity index is 1150. The average Bonchev–Trinajstić information content (AvgIpc) is 3.05. The summed E-state index contributed by atoms with van der Waals surface area (Å²) in [6, 6.07) is 18.7. The van der Waals surface area contributed by atoms with E-state index in [0.29, 0.717) is 23.8 Å². The summed E-state index contributed by atoms with van der Waals surface area (Å²) in [7, 11) is 0. The molecule has 5 heteroatoms. The summed E-state index contributed by atoms with van der Waals surface area (Å²) in [5.41, 5.74) is 2.55. The Balaban J connectivity index is 1.34. The van der Waals surface area contributed by atoms with Gasteiger partial charge in [-0.05, 0) is 61.4 Å². The van der Waals surface area contributed by atoms with Crippen LogP contribution in [0.25, 0.3) is 21.9 Å². The first kappa shape index (κ1) is 18.4. The SMILES string of the molecule is Cc1cc(Cl)ccc1OCCCC(=O)Oc1ccc2oc3ccccc3c2c1. The minimum Gasteiger partial charge on any atom is -0.493 e. The van der Waals surface area contributed by atoms with Gasteiger partial charge in [0.2, 0.25) is 0 Å². The molecule has 0 aliphatic heterocycles. The second-order valence-corrected chi connectivity index (χ2v) is 7.03. The van der Waals surface area contributed by atoms with Crippen molar-refractivity contribution < 1.29 is 18.7 Å². The maximum Gasteiger partial charge on any atom is 0.311 e. The summed E-state index contributed by atoms with van der Waals surface area (Å²) in [5.74, 6) is 0.997. The molecule has 0 radical (unpaired) electrons. The number of furan rings is 1. The molecule has 28 heavy (non-hydrogen) atoms. The Hall–Kier alpha value is -2.98. The molecule has 0 fully saturated rings. The van der Waals surface area contributed by atoms with Gasteiger partial charge in [-0.3, -0.25) is 4.79 Å². The Kier molecular flexibility index (Phi) is 5.22. The number of aryl methyl sites for hydroxylation is 1. The van der Waals surface area contributed by atoms with Gasteiger partial charge in [-0.2, -0.15) is 0 Å². The molecule has 1 aromatic heterocycles. The van der Waals surface area contributed by atoms with Crippen molar-refractivity contribution in [3.63, 3.8) is 0 Å². The van der Waals surface area contributed by atoms with Gasteiger partial charge in [0.15, 0.2) is 0 Å². The molecule has 0 atom stereocenters. The fourth-order valence-electron chi connectivity index (χ4n) is 3.12. The van der Waals surface area contributed by atoms with E-state index in [1.54, 1.807) is 12.1 Å². The van der Waals surface area contributed by atoms with E-state index in [0.717, 1.165) is 33.3 Å². The maximum absolute atomic E-state index is 12.2. The molecular weight excluding hydrogens is 376 g/mol. The number of para-hydroxylation sites is 1. The molecule has 0 N–H and O–H groups in total. The molecule has 142 valence electrons. The molecule has 0 saturated carbocycles. The highest BCUT2D eigenvalue weighted by molar-refractivity contribution is 6.30. The normalized spacial score (nSPS) is 11.1. The van der Waals surface area contributed by atoms with Crippen molar-refractivity contribution in [3.8, 4) is 11.5 Å². The molecule has 0 amide bonds. The molecule has 0 unspecified atom stereocenters. The van der Waals surface area contributed by atoms with Crippen LogP contribution >= 0.6 is 11.6 Å². The molecule has 0 saturated heterocycles. The summed E-state index contributed by atoms with van der Waals surface area (Å²) in [6.07, 6.45) is 0.842. The lowest BCUT2D eigenvalue weighted by molar-refractivity contribution is -0.134. The van der Waals surface area contributed by atoms with Crippen molar-refractivity contribution in [3.05, 3.63) is 71.2 Å². The summed E-state index contributed by atoms with van der Waals surface area (Å²) < 4.78 is 17.0. The molecule has 0 bridgehead atoms. The van der Waals surface area contributed by atoms with Crippen LogP contribution in [0.2, 0.25) is 5.02 Å². The summed E-state index contributed by atoms with van der Waals surface area (Å²) in [5, 5.41) is 2.61. The van der Waals surface area contributed by atoms with Crippen molar-refractivity contribution in [1.82, 2.24) is 0 Å². The monoisotopic (exact) mass is 394 g/mol. The maximum atomic E-state index is 12.2. The molecule has 0 aliphatic rings. The van der Waals surface area contributed by atoms with Crippen LogP contribution in [0.5, 0.6) is 11.5 Å². The number of halogens is 1. The van der Waals surface area contributed by atoms with Crippen LogP contribution in [0.4, 0.5) is 0 Å². The van der Waals surface area contributed by atoms with Gasteiger partial charge in [0, 0.05) is 22.2 Å². The van der Waals surface area contributed by atoms with Crippen LogP contribution in [0.15, 0.2) is 65.1 Å². The number of carbonyl (C=O) groups excluding carboxylic acids is 1. The number of esters is 1. The van der Waals surface area contributed by atoms with Crippen LogP contribution in [0.1, 0.15) is 18.4 Å². The fraction of sp³-hybridized carbons (Fsp3) is 0.174. The highest BCUT2D eigenvalue weighted by Crippen LogP contribution is 2.31. The zero-order valence-electron chi connectivity index (χ0n) is 15.4. The van der Waals surface area contributed by atoms with Gasteiger partial charge in [0.25, 0.3) is 0 Å². The molecule has 4 nitrogen and oxygen atoms in total. The third-order valence-electron chi connectivity index (χ3n) is 4.50. The number of carbonyl (C=O) groups is 1. The summed E-state index contributed by atoms with van der Waals surface area (Å²) in [4.78, 5) is 12.2. The van der Waals surface area contributed by atoms with Gasteiger partial charge in [-0.1, -0.05) is 29.8 Å². The van der Waals surface area contributed by atoms with Gasteiger partial charge >= 0.3 is 5.97 Å². The molecule has 0 aliphatic carbocycles. The van der Waals surface area contributed by atoms with Crippen LogP contribution in [0, 0.1) is 6.92 Å². The molecule has 3 aromatic carbocycles. The Labute approximate surface area is 167 Å². The van der Waals surface area contributed by atoms with Crippen molar-refractivity contribution in [2.45, 2.75) is 19.8 Å². The minimum atomic E-state index is -0.288. The van der Waals surface area contributed by atoms with Crippen LogP contribution in [-0.4, -0.2) is 12.6 Å². The zero-order valence-corrected chi connectivity index (χ0v) is 16.2. The average molecular weight is 395 g/mol. The highest BCUT2D eigenvalue weighted by atomic mass is 35.5. The van der Waals surface area contributed by atoms with Gasteiger partial charge in [0.05, 0.1) is 6.61 Å². The van der Waals surface area contributed by atoms with Gasteiger partial charge < -0.3 is 13.9 Å². The molecule has 1 heterocycles. The third kappa shape index (κ3) is 3.97. The van der Waals surface area contributed by atoms with E-state index in [-0.39, 0.29) is 12.4 Å². The molecular formula is C23H19ClO4. The topological polar surface area (TPSA) is 48.7 Å². The van der Waals surface area contributed by atoms with E-state index < -0.39 is 0 Å². The predicted molar refractivity (Wildman–Crippen MR) is 110 cm³/mol. The van der Waals surface area contributed by atoms with E-state index in [4.69, 9.17) is 25.5 Å². The van der Waals surface area contributed by atoms with Crippen LogP contribution in [0.3, 0.4) is 0 Å². The van der Waals surface area contributed by atoms with Gasteiger partial charge in [-0.15, -0.1) is 0 Å². The number of rotatable bonds is 6. The molecule has 4 aromatic rings. The van der Waals surface area contributed by atoms with E-state index in [2.05, 4.69) is 0 Å². The van der Waals surface area contributed by atoms with E-state index >= 15 is 0 Å². The standard InChI is InChI=1S/C23H19ClO4/c1-15-13-16(24)8-10-20(15)26-12-4-7-23(25)27-17-9-11-22-19(14-17)18-5-2-3-6-21(18)28-22/h2-3,5-6,8-11,13-14H,4,7,12H2,1H3. The Morgan fingerprint density at radius 1 is 1.00 bits per heavy atom. The van der Waals surface area contributed by atoms with E-state index in [1.807, 2.05) is 55.5 Å². The van der Waals surface area contributed by atoms with Crippen LogP contribution < -0.4 is 9.47 Å². The number of benzene rings is 3. The molecule has 4 rings (SSSR count). The number of fused-ring (bicyclic) bond motifs is 3. The Morgan fingerprint density at radius 2 is 1.82 bits per heavy atom. The third-order valence-corrected chi connectivity index (χ3v) is 4.73. The first-order chi connectivity index (χ1) is 13.6. The van der Waals surface area contributed by atoms with Crippen molar-refractivity contribution >= 4 is 39.5 Å². The smallest absolute Gasteiger partial charge is 0.311 e. The lowest BCUT2D eigenvalue weighted by Crippen LogP contribution is -2.10. The van der Waals surface area contributed by atoms with E-state index in [9.17, 15) is 4.79 Å². The lowest BCUT2D eigenvalue weighted by atomic mass is 10.1.